The van der Waals surface area contributed by atoms with Crippen LogP contribution in [0, 0.1) is 10.1 Å². The normalized spacial score (nSPS) is 11.5. The van der Waals surface area contributed by atoms with E-state index in [9.17, 15) is 24.8 Å². The Balaban J connectivity index is 3.07. The van der Waals surface area contributed by atoms with E-state index in [1.807, 2.05) is 0 Å². The molecule has 0 saturated heterocycles. The standard InChI is InChI=1S/C14H15N3O6/c1-14(2,3)16-6-8(13(19)20)10(18)7-5-9(17(21)22)12(23-4)15-11(7)16/h5-6H,1-4H3,(H,19,20). The van der Waals surface area contributed by atoms with Crippen molar-refractivity contribution in [1.82, 2.24) is 9.55 Å². The summed E-state index contributed by atoms with van der Waals surface area (Å²) in [6.07, 6.45) is 1.19. The Morgan fingerprint density at radius 2 is 2.04 bits per heavy atom. The molecule has 122 valence electrons. The van der Waals surface area contributed by atoms with Crippen molar-refractivity contribution in [3.05, 3.63) is 38.2 Å². The predicted molar refractivity (Wildman–Crippen MR) is 81.2 cm³/mol. The van der Waals surface area contributed by atoms with E-state index in [1.54, 1.807) is 20.8 Å². The van der Waals surface area contributed by atoms with Crippen LogP contribution in [0.5, 0.6) is 5.88 Å². The van der Waals surface area contributed by atoms with Gasteiger partial charge in [-0.15, -0.1) is 0 Å². The molecule has 23 heavy (non-hydrogen) atoms. The maximum atomic E-state index is 12.3. The smallest absolute Gasteiger partial charge is 0.341 e. The molecule has 0 fully saturated rings. The first-order valence-corrected chi connectivity index (χ1v) is 6.60. The summed E-state index contributed by atoms with van der Waals surface area (Å²) < 4.78 is 6.40. The fraction of sp³-hybridized carbons (Fsp3) is 0.357. The van der Waals surface area contributed by atoms with E-state index >= 15 is 0 Å². The van der Waals surface area contributed by atoms with Crippen LogP contribution in [0.25, 0.3) is 11.0 Å². The average Bonchev–Trinajstić information content (AvgIpc) is 2.44. The van der Waals surface area contributed by atoms with E-state index in [0.717, 1.165) is 6.07 Å². The Labute approximate surface area is 130 Å². The molecule has 0 atom stereocenters. The quantitative estimate of drug-likeness (QED) is 0.674. The average molecular weight is 321 g/mol. The van der Waals surface area contributed by atoms with Crippen molar-refractivity contribution in [2.24, 2.45) is 0 Å². The summed E-state index contributed by atoms with van der Waals surface area (Å²) in [5.41, 5.74) is -2.29. The number of rotatable bonds is 3. The van der Waals surface area contributed by atoms with Crippen molar-refractivity contribution < 1.29 is 19.6 Å². The molecule has 0 bridgehead atoms. The Bertz CT molecular complexity index is 879. The topological polar surface area (TPSA) is 125 Å². The number of methoxy groups -OCH3 is 1. The summed E-state index contributed by atoms with van der Waals surface area (Å²) in [5, 5.41) is 20.2. The second kappa shape index (κ2) is 5.34. The molecule has 0 aromatic carbocycles. The lowest BCUT2D eigenvalue weighted by molar-refractivity contribution is -0.386. The highest BCUT2D eigenvalue weighted by atomic mass is 16.6. The lowest BCUT2D eigenvalue weighted by atomic mass is 10.1. The molecule has 1 N–H and O–H groups in total. The summed E-state index contributed by atoms with van der Waals surface area (Å²) in [4.78, 5) is 38.0. The van der Waals surface area contributed by atoms with E-state index in [-0.39, 0.29) is 16.9 Å². The molecule has 0 unspecified atom stereocenters. The SMILES string of the molecule is COc1nc2c(cc1[N+](=O)[O-])c(=O)c(C(=O)O)cn2C(C)(C)C. The van der Waals surface area contributed by atoms with Gasteiger partial charge in [0, 0.05) is 17.8 Å². The molecule has 0 radical (unpaired) electrons. The van der Waals surface area contributed by atoms with Gasteiger partial charge in [-0.05, 0) is 20.8 Å². The molecule has 0 aliphatic heterocycles. The zero-order valence-corrected chi connectivity index (χ0v) is 13.0. The highest BCUT2D eigenvalue weighted by Gasteiger charge is 2.26. The third-order valence-corrected chi connectivity index (χ3v) is 3.27. The Morgan fingerprint density at radius 3 is 2.48 bits per heavy atom. The number of hydrogen-bond donors (Lipinski definition) is 1. The predicted octanol–water partition coefficient (Wildman–Crippen LogP) is 1.77. The third kappa shape index (κ3) is 2.72. The second-order valence-corrected chi connectivity index (χ2v) is 5.86. The van der Waals surface area contributed by atoms with Crippen molar-refractivity contribution in [2.75, 3.05) is 7.11 Å². The summed E-state index contributed by atoms with van der Waals surface area (Å²) in [7, 11) is 1.23. The van der Waals surface area contributed by atoms with E-state index in [2.05, 4.69) is 4.98 Å². The van der Waals surface area contributed by atoms with Crippen LogP contribution in [-0.4, -0.2) is 32.7 Å². The number of carbonyl (C=O) groups is 1. The number of hydrogen-bond acceptors (Lipinski definition) is 6. The molecule has 9 heteroatoms. The summed E-state index contributed by atoms with van der Waals surface area (Å²) >= 11 is 0. The number of nitrogens with zero attached hydrogens (tertiary/aromatic N) is 3. The van der Waals surface area contributed by atoms with E-state index in [0.29, 0.717) is 0 Å². The van der Waals surface area contributed by atoms with Gasteiger partial charge in [0.1, 0.15) is 11.2 Å². The molecule has 9 nitrogen and oxygen atoms in total. The van der Waals surface area contributed by atoms with Gasteiger partial charge in [-0.1, -0.05) is 0 Å². The van der Waals surface area contributed by atoms with Crippen LogP contribution >= 0.6 is 0 Å². The van der Waals surface area contributed by atoms with Gasteiger partial charge in [0.2, 0.25) is 5.43 Å². The first-order chi connectivity index (χ1) is 10.6. The molecule has 2 aromatic heterocycles. The highest BCUT2D eigenvalue weighted by molar-refractivity contribution is 5.92. The van der Waals surface area contributed by atoms with E-state index in [4.69, 9.17) is 4.74 Å². The van der Waals surface area contributed by atoms with Gasteiger partial charge in [-0.2, -0.15) is 4.98 Å². The minimum absolute atomic E-state index is 0.120. The first kappa shape index (κ1) is 16.4. The molecule has 2 heterocycles. The van der Waals surface area contributed by atoms with Gasteiger partial charge in [0.25, 0.3) is 5.88 Å². The molecule has 2 aromatic rings. The zero-order chi connectivity index (χ0) is 17.5. The lowest BCUT2D eigenvalue weighted by Gasteiger charge is -2.25. The monoisotopic (exact) mass is 321 g/mol. The molecule has 2 rings (SSSR count). The summed E-state index contributed by atoms with van der Waals surface area (Å²) in [5.74, 6) is -1.66. The highest BCUT2D eigenvalue weighted by Crippen LogP contribution is 2.29. The fourth-order valence-corrected chi connectivity index (χ4v) is 2.17. The molecular formula is C14H15N3O6. The number of aromatic nitrogens is 2. The maximum Gasteiger partial charge on any atom is 0.341 e. The number of carboxylic acids is 1. The minimum Gasteiger partial charge on any atom is -0.477 e. The van der Waals surface area contributed by atoms with Crippen LogP contribution in [0.15, 0.2) is 17.1 Å². The summed E-state index contributed by atoms with van der Waals surface area (Å²) in [6.45, 7) is 5.37. The number of aromatic carboxylic acids is 1. The Morgan fingerprint density at radius 1 is 1.43 bits per heavy atom. The first-order valence-electron chi connectivity index (χ1n) is 6.60. The van der Waals surface area contributed by atoms with Crippen LogP contribution in [0.3, 0.4) is 0 Å². The van der Waals surface area contributed by atoms with Crippen molar-refractivity contribution in [3.63, 3.8) is 0 Å². The van der Waals surface area contributed by atoms with Crippen molar-refractivity contribution in [3.8, 4) is 5.88 Å². The Kier molecular flexibility index (Phi) is 3.81. The van der Waals surface area contributed by atoms with Crippen molar-refractivity contribution in [2.45, 2.75) is 26.3 Å². The number of ether oxygens (including phenoxy) is 1. The van der Waals surface area contributed by atoms with Crippen LogP contribution in [0.4, 0.5) is 5.69 Å². The third-order valence-electron chi connectivity index (χ3n) is 3.27. The molecule has 0 spiro atoms. The van der Waals surface area contributed by atoms with Gasteiger partial charge < -0.3 is 14.4 Å². The van der Waals surface area contributed by atoms with Crippen molar-refractivity contribution >= 4 is 22.7 Å². The zero-order valence-electron chi connectivity index (χ0n) is 13.0. The molecule has 0 amide bonds. The van der Waals surface area contributed by atoms with Crippen LogP contribution in [0.2, 0.25) is 0 Å². The number of fused-ring (bicyclic) bond motifs is 1. The van der Waals surface area contributed by atoms with Gasteiger partial charge in [0.05, 0.1) is 17.4 Å². The van der Waals surface area contributed by atoms with Crippen molar-refractivity contribution in [1.29, 1.82) is 0 Å². The van der Waals surface area contributed by atoms with Crippen LogP contribution in [-0.2, 0) is 5.54 Å². The van der Waals surface area contributed by atoms with E-state index < -0.39 is 33.1 Å². The Hall–Kier alpha value is -2.97. The number of pyridine rings is 2. The van der Waals surface area contributed by atoms with Crippen LogP contribution < -0.4 is 10.2 Å². The molecule has 0 aliphatic rings. The molecular weight excluding hydrogens is 306 g/mol. The van der Waals surface area contributed by atoms with Gasteiger partial charge >= 0.3 is 11.7 Å². The maximum absolute atomic E-state index is 12.3. The van der Waals surface area contributed by atoms with Gasteiger partial charge in [-0.3, -0.25) is 14.9 Å². The number of nitro groups is 1. The fourth-order valence-electron chi connectivity index (χ4n) is 2.17. The largest absolute Gasteiger partial charge is 0.477 e. The van der Waals surface area contributed by atoms with Gasteiger partial charge in [0.15, 0.2) is 0 Å². The lowest BCUT2D eigenvalue weighted by Crippen LogP contribution is -2.28. The van der Waals surface area contributed by atoms with Crippen LogP contribution in [0.1, 0.15) is 31.1 Å². The van der Waals surface area contributed by atoms with E-state index in [1.165, 1.54) is 17.9 Å². The van der Waals surface area contributed by atoms with Gasteiger partial charge in [-0.25, -0.2) is 4.79 Å². The second-order valence-electron chi connectivity index (χ2n) is 5.86. The molecule has 0 aliphatic carbocycles. The molecule has 0 saturated carbocycles. The summed E-state index contributed by atoms with van der Waals surface area (Å²) in [6, 6.07) is 0.998. The minimum atomic E-state index is -1.41. The number of carboxylic acid groups (broad SMARTS) is 1.